The number of hydrogen-bond acceptors (Lipinski definition) is 5. The van der Waals surface area contributed by atoms with Gasteiger partial charge in [0.2, 0.25) is 0 Å². The molecule has 2 unspecified atom stereocenters. The van der Waals surface area contributed by atoms with Crippen LogP contribution < -0.4 is 10.1 Å². The SMILES string of the molecule is Cc1c(C)c2c(c(C)c1O)CCC(C)(C1N[C@H](C(=O)O)CS1)O2. The van der Waals surface area contributed by atoms with E-state index in [2.05, 4.69) is 5.32 Å². The maximum Gasteiger partial charge on any atom is 0.321 e. The smallest absolute Gasteiger partial charge is 0.321 e. The molecule has 5 nitrogen and oxygen atoms in total. The van der Waals surface area contributed by atoms with Crippen LogP contribution in [0.4, 0.5) is 0 Å². The Bertz CT molecular complexity index is 675. The number of rotatable bonds is 2. The Morgan fingerprint density at radius 2 is 2.00 bits per heavy atom. The monoisotopic (exact) mass is 337 g/mol. The van der Waals surface area contributed by atoms with Gasteiger partial charge >= 0.3 is 5.97 Å². The van der Waals surface area contributed by atoms with E-state index < -0.39 is 17.6 Å². The minimum atomic E-state index is -0.812. The van der Waals surface area contributed by atoms with E-state index in [1.54, 1.807) is 11.8 Å². The number of nitrogens with one attached hydrogen (secondary N) is 1. The van der Waals surface area contributed by atoms with Crippen LogP contribution in [0.25, 0.3) is 0 Å². The Kier molecular flexibility index (Phi) is 4.01. The highest BCUT2D eigenvalue weighted by molar-refractivity contribution is 8.00. The maximum atomic E-state index is 11.2. The lowest BCUT2D eigenvalue weighted by Gasteiger charge is -2.41. The number of carbonyl (C=O) groups is 1. The van der Waals surface area contributed by atoms with Crippen molar-refractivity contribution in [1.82, 2.24) is 5.32 Å². The first-order valence-electron chi connectivity index (χ1n) is 7.85. The molecule has 0 bridgehead atoms. The Hall–Kier alpha value is -1.40. The van der Waals surface area contributed by atoms with Crippen LogP contribution in [0.2, 0.25) is 0 Å². The fourth-order valence-electron chi connectivity index (χ4n) is 3.42. The van der Waals surface area contributed by atoms with Gasteiger partial charge in [-0.25, -0.2) is 0 Å². The highest BCUT2D eigenvalue weighted by Crippen LogP contribution is 2.46. The molecule has 0 aliphatic carbocycles. The van der Waals surface area contributed by atoms with Crippen molar-refractivity contribution in [3.8, 4) is 11.5 Å². The number of carboxylic acids is 1. The summed E-state index contributed by atoms with van der Waals surface area (Å²) in [7, 11) is 0. The fraction of sp³-hybridized carbons (Fsp3) is 0.588. The van der Waals surface area contributed by atoms with Crippen LogP contribution in [-0.4, -0.2) is 39.0 Å². The van der Waals surface area contributed by atoms with Gasteiger partial charge in [0.25, 0.3) is 0 Å². The molecule has 0 aromatic heterocycles. The van der Waals surface area contributed by atoms with Gasteiger partial charge < -0.3 is 14.9 Å². The topological polar surface area (TPSA) is 78.8 Å². The van der Waals surface area contributed by atoms with Crippen molar-refractivity contribution in [3.63, 3.8) is 0 Å². The van der Waals surface area contributed by atoms with Crippen LogP contribution >= 0.6 is 11.8 Å². The molecular formula is C17H23NO4S. The first-order chi connectivity index (χ1) is 10.7. The van der Waals surface area contributed by atoms with Crippen molar-refractivity contribution in [2.24, 2.45) is 0 Å². The molecule has 1 aromatic rings. The number of phenolic OH excluding ortho intramolecular Hbond substituents is 1. The zero-order valence-corrected chi connectivity index (χ0v) is 14.7. The minimum Gasteiger partial charge on any atom is -0.507 e. The van der Waals surface area contributed by atoms with Crippen molar-refractivity contribution < 1.29 is 19.7 Å². The van der Waals surface area contributed by atoms with Gasteiger partial charge in [-0.05, 0) is 57.2 Å². The van der Waals surface area contributed by atoms with Crippen molar-refractivity contribution in [1.29, 1.82) is 0 Å². The zero-order valence-electron chi connectivity index (χ0n) is 13.9. The first kappa shape index (κ1) is 16.5. The predicted octanol–water partition coefficient (Wildman–Crippen LogP) is 2.52. The molecule has 6 heteroatoms. The molecule has 1 saturated heterocycles. The Labute approximate surface area is 140 Å². The van der Waals surface area contributed by atoms with E-state index in [4.69, 9.17) is 4.74 Å². The third-order valence-electron chi connectivity index (χ3n) is 5.18. The van der Waals surface area contributed by atoms with Crippen LogP contribution in [0.15, 0.2) is 0 Å². The van der Waals surface area contributed by atoms with Crippen LogP contribution in [0.5, 0.6) is 11.5 Å². The number of phenols is 1. The molecule has 1 aromatic carbocycles. The number of carboxylic acid groups (broad SMARTS) is 1. The number of fused-ring (bicyclic) bond motifs is 1. The van der Waals surface area contributed by atoms with Gasteiger partial charge in [-0.2, -0.15) is 0 Å². The average Bonchev–Trinajstić information content (AvgIpc) is 3.02. The van der Waals surface area contributed by atoms with E-state index in [0.717, 1.165) is 40.8 Å². The first-order valence-corrected chi connectivity index (χ1v) is 8.90. The summed E-state index contributed by atoms with van der Waals surface area (Å²) < 4.78 is 6.39. The van der Waals surface area contributed by atoms with E-state index in [1.807, 2.05) is 27.7 Å². The number of aromatic hydroxyl groups is 1. The molecule has 2 aliphatic rings. The molecule has 1 fully saturated rings. The molecule has 3 N–H and O–H groups in total. The summed E-state index contributed by atoms with van der Waals surface area (Å²) in [5.74, 6) is 0.950. The van der Waals surface area contributed by atoms with E-state index >= 15 is 0 Å². The third-order valence-corrected chi connectivity index (χ3v) is 6.68. The lowest BCUT2D eigenvalue weighted by molar-refractivity contribution is -0.138. The Balaban J connectivity index is 1.92. The van der Waals surface area contributed by atoms with Crippen molar-refractivity contribution >= 4 is 17.7 Å². The van der Waals surface area contributed by atoms with Crippen LogP contribution in [-0.2, 0) is 11.2 Å². The second kappa shape index (κ2) is 5.60. The van der Waals surface area contributed by atoms with Crippen molar-refractivity contribution in [3.05, 3.63) is 22.3 Å². The number of aliphatic carboxylic acids is 1. The minimum absolute atomic E-state index is 0.0504. The molecular weight excluding hydrogens is 314 g/mol. The summed E-state index contributed by atoms with van der Waals surface area (Å²) in [6, 6.07) is -0.517. The summed E-state index contributed by atoms with van der Waals surface area (Å²) >= 11 is 1.61. The summed E-state index contributed by atoms with van der Waals surface area (Å²) in [5, 5.41) is 22.5. The van der Waals surface area contributed by atoms with Gasteiger partial charge in [0.05, 0.1) is 5.37 Å². The Morgan fingerprint density at radius 1 is 1.30 bits per heavy atom. The van der Waals surface area contributed by atoms with Crippen LogP contribution in [0, 0.1) is 20.8 Å². The largest absolute Gasteiger partial charge is 0.507 e. The second-order valence-corrected chi connectivity index (χ2v) is 7.85. The molecule has 2 heterocycles. The maximum absolute atomic E-state index is 11.2. The van der Waals surface area contributed by atoms with E-state index in [1.165, 1.54) is 0 Å². The van der Waals surface area contributed by atoms with Gasteiger partial charge in [-0.3, -0.25) is 10.1 Å². The summed E-state index contributed by atoms with van der Waals surface area (Å²) in [6.07, 6.45) is 1.61. The van der Waals surface area contributed by atoms with Gasteiger partial charge in [-0.1, -0.05) is 0 Å². The van der Waals surface area contributed by atoms with Crippen molar-refractivity contribution in [2.45, 2.75) is 57.6 Å². The van der Waals surface area contributed by atoms with Gasteiger partial charge in [0, 0.05) is 11.3 Å². The quantitative estimate of drug-likeness (QED) is 0.770. The molecule has 3 rings (SSSR count). The van der Waals surface area contributed by atoms with Crippen LogP contribution in [0.1, 0.15) is 35.6 Å². The van der Waals surface area contributed by atoms with E-state index in [0.29, 0.717) is 11.5 Å². The Morgan fingerprint density at radius 3 is 2.61 bits per heavy atom. The molecule has 126 valence electrons. The second-order valence-electron chi connectivity index (χ2n) is 6.72. The molecule has 0 amide bonds. The normalized spacial score (nSPS) is 29.9. The summed E-state index contributed by atoms with van der Waals surface area (Å²) in [5.41, 5.74) is 3.32. The summed E-state index contributed by atoms with van der Waals surface area (Å²) in [4.78, 5) is 11.2. The van der Waals surface area contributed by atoms with Crippen molar-refractivity contribution in [2.75, 3.05) is 5.75 Å². The molecule has 0 radical (unpaired) electrons. The molecule has 0 spiro atoms. The molecule has 2 aliphatic heterocycles. The third kappa shape index (κ3) is 2.58. The van der Waals surface area contributed by atoms with Gasteiger partial charge in [0.1, 0.15) is 23.1 Å². The zero-order chi connectivity index (χ0) is 16.9. The highest BCUT2D eigenvalue weighted by atomic mass is 32.2. The number of thioether (sulfide) groups is 1. The molecule has 23 heavy (non-hydrogen) atoms. The van der Waals surface area contributed by atoms with Gasteiger partial charge in [0.15, 0.2) is 0 Å². The average molecular weight is 337 g/mol. The standard InChI is InChI=1S/C17H23NO4S/c1-8-9(2)14-11(10(3)13(8)19)5-6-17(4,22-14)16-18-12(7-23-16)15(20)21/h12,16,18-19H,5-7H2,1-4H3,(H,20,21)/t12-,16?,17?/m0/s1. The highest BCUT2D eigenvalue weighted by Gasteiger charge is 2.46. The van der Waals surface area contributed by atoms with E-state index in [9.17, 15) is 15.0 Å². The van der Waals surface area contributed by atoms with E-state index in [-0.39, 0.29) is 5.37 Å². The predicted molar refractivity (Wildman–Crippen MR) is 90.5 cm³/mol. The number of hydrogen-bond donors (Lipinski definition) is 3. The molecule has 3 atom stereocenters. The molecule has 0 saturated carbocycles. The lowest BCUT2D eigenvalue weighted by Crippen LogP contribution is -2.53. The summed E-state index contributed by atoms with van der Waals surface area (Å²) in [6.45, 7) is 7.84. The van der Waals surface area contributed by atoms with Crippen LogP contribution in [0.3, 0.4) is 0 Å². The number of benzene rings is 1. The lowest BCUT2D eigenvalue weighted by atomic mass is 9.87. The van der Waals surface area contributed by atoms with Gasteiger partial charge in [-0.15, -0.1) is 11.8 Å². The number of ether oxygens (including phenoxy) is 1. The fourth-order valence-corrected chi connectivity index (χ4v) is 4.82.